The molecule has 0 atom stereocenters. The molecule has 82 valence electrons. The van der Waals surface area contributed by atoms with Crippen LogP contribution in [0.3, 0.4) is 0 Å². The second-order valence-electron chi connectivity index (χ2n) is 4.00. The number of hydrogen-bond donors (Lipinski definition) is 0. The highest BCUT2D eigenvalue weighted by Gasteiger charge is 1.97. The molecule has 1 heteroatoms. The van der Waals surface area contributed by atoms with E-state index in [0.717, 1.165) is 0 Å². The molecule has 0 aliphatic heterocycles. The molecule has 0 radical (unpaired) electrons. The molecule has 0 spiro atoms. The van der Waals surface area contributed by atoms with Crippen molar-refractivity contribution in [1.29, 1.82) is 0 Å². The molecule has 2 aromatic carbocycles. The highest BCUT2D eigenvalue weighted by Crippen LogP contribution is 2.20. The van der Waals surface area contributed by atoms with Gasteiger partial charge in [-0.05, 0) is 23.6 Å². The number of aryl methyl sites for hydroxylation is 1. The topological polar surface area (TPSA) is 9.23 Å². The first-order chi connectivity index (χ1) is 7.79. The third kappa shape index (κ3) is 2.50. The molecule has 2 aromatic rings. The van der Waals surface area contributed by atoms with Gasteiger partial charge in [-0.1, -0.05) is 54.1 Å². The monoisotopic (exact) mass is 212 g/mol. The van der Waals surface area contributed by atoms with Crippen molar-refractivity contribution in [2.45, 2.75) is 13.5 Å². The molecular formula is C15H16O. The van der Waals surface area contributed by atoms with Crippen LogP contribution in [0.4, 0.5) is 0 Å². The average molecular weight is 212 g/mol. The van der Waals surface area contributed by atoms with Gasteiger partial charge < -0.3 is 4.74 Å². The van der Waals surface area contributed by atoms with Crippen LogP contribution in [0.5, 0.6) is 0 Å². The molecule has 2 rings (SSSR count). The lowest BCUT2D eigenvalue weighted by Crippen LogP contribution is -1.86. The Balaban J connectivity index is 2.24. The van der Waals surface area contributed by atoms with Crippen LogP contribution >= 0.6 is 0 Å². The minimum atomic E-state index is 0.675. The Morgan fingerprint density at radius 2 is 1.31 bits per heavy atom. The van der Waals surface area contributed by atoms with Crippen LogP contribution in [0, 0.1) is 6.92 Å². The third-order valence-corrected chi connectivity index (χ3v) is 2.65. The fraction of sp³-hybridized carbons (Fsp3) is 0.200. The molecule has 0 saturated carbocycles. The minimum Gasteiger partial charge on any atom is -0.380 e. The second-order valence-corrected chi connectivity index (χ2v) is 4.00. The van der Waals surface area contributed by atoms with Gasteiger partial charge in [0.1, 0.15) is 0 Å². The van der Waals surface area contributed by atoms with Crippen LogP contribution in [0.25, 0.3) is 11.1 Å². The first kappa shape index (κ1) is 10.9. The van der Waals surface area contributed by atoms with E-state index in [-0.39, 0.29) is 0 Å². The summed E-state index contributed by atoms with van der Waals surface area (Å²) < 4.78 is 5.09. The van der Waals surface area contributed by atoms with Crippen molar-refractivity contribution in [3.63, 3.8) is 0 Å². The Morgan fingerprint density at radius 1 is 0.812 bits per heavy atom. The molecule has 0 aromatic heterocycles. The zero-order valence-corrected chi connectivity index (χ0v) is 9.73. The van der Waals surface area contributed by atoms with Crippen LogP contribution in [0.2, 0.25) is 0 Å². The van der Waals surface area contributed by atoms with Crippen molar-refractivity contribution < 1.29 is 4.74 Å². The van der Waals surface area contributed by atoms with Gasteiger partial charge in [0.2, 0.25) is 0 Å². The molecule has 0 amide bonds. The molecule has 0 aliphatic carbocycles. The standard InChI is InChI=1S/C15H16O/c1-12-3-7-14(8-4-12)15-9-5-13(6-10-15)11-16-2/h3-10H,11H2,1-2H3. The molecule has 0 unspecified atom stereocenters. The summed E-state index contributed by atoms with van der Waals surface area (Å²) in [5.41, 5.74) is 5.01. The van der Waals surface area contributed by atoms with Crippen LogP contribution in [-0.4, -0.2) is 7.11 Å². The van der Waals surface area contributed by atoms with Gasteiger partial charge >= 0.3 is 0 Å². The summed E-state index contributed by atoms with van der Waals surface area (Å²) in [5, 5.41) is 0. The smallest absolute Gasteiger partial charge is 0.0713 e. The largest absolute Gasteiger partial charge is 0.380 e. The van der Waals surface area contributed by atoms with Gasteiger partial charge in [0.05, 0.1) is 6.61 Å². The number of ether oxygens (including phenoxy) is 1. The Labute approximate surface area is 96.7 Å². The lowest BCUT2D eigenvalue weighted by atomic mass is 10.0. The molecule has 0 fully saturated rings. The van der Waals surface area contributed by atoms with Gasteiger partial charge in [0.25, 0.3) is 0 Å². The van der Waals surface area contributed by atoms with Gasteiger partial charge in [0.15, 0.2) is 0 Å². The maximum Gasteiger partial charge on any atom is 0.0713 e. The summed E-state index contributed by atoms with van der Waals surface area (Å²) in [6, 6.07) is 17.1. The number of benzene rings is 2. The van der Waals surface area contributed by atoms with Gasteiger partial charge in [-0.2, -0.15) is 0 Å². The normalized spacial score (nSPS) is 10.4. The Kier molecular flexibility index (Phi) is 3.37. The first-order valence-corrected chi connectivity index (χ1v) is 5.44. The average Bonchev–Trinajstić information content (AvgIpc) is 2.32. The van der Waals surface area contributed by atoms with E-state index in [1.807, 2.05) is 0 Å². The molecule has 16 heavy (non-hydrogen) atoms. The maximum absolute atomic E-state index is 5.09. The molecule has 0 aliphatic rings. The van der Waals surface area contributed by atoms with E-state index in [2.05, 4.69) is 55.5 Å². The number of hydrogen-bond acceptors (Lipinski definition) is 1. The highest BCUT2D eigenvalue weighted by atomic mass is 16.5. The van der Waals surface area contributed by atoms with Crippen LogP contribution in [0.1, 0.15) is 11.1 Å². The Hall–Kier alpha value is -1.60. The fourth-order valence-electron chi connectivity index (χ4n) is 1.71. The van der Waals surface area contributed by atoms with E-state index < -0.39 is 0 Å². The van der Waals surface area contributed by atoms with E-state index in [0.29, 0.717) is 6.61 Å². The van der Waals surface area contributed by atoms with Crippen LogP contribution in [-0.2, 0) is 11.3 Å². The lowest BCUT2D eigenvalue weighted by molar-refractivity contribution is 0.185. The zero-order valence-electron chi connectivity index (χ0n) is 9.73. The number of rotatable bonds is 3. The van der Waals surface area contributed by atoms with Crippen molar-refractivity contribution in [3.05, 3.63) is 59.7 Å². The van der Waals surface area contributed by atoms with Gasteiger partial charge in [-0.25, -0.2) is 0 Å². The molecule has 0 N–H and O–H groups in total. The Bertz CT molecular complexity index is 440. The molecular weight excluding hydrogens is 196 g/mol. The van der Waals surface area contributed by atoms with Crippen LogP contribution in [0.15, 0.2) is 48.5 Å². The molecule has 0 bridgehead atoms. The van der Waals surface area contributed by atoms with E-state index in [1.165, 1.54) is 22.3 Å². The van der Waals surface area contributed by atoms with E-state index in [1.54, 1.807) is 7.11 Å². The van der Waals surface area contributed by atoms with E-state index in [9.17, 15) is 0 Å². The third-order valence-electron chi connectivity index (χ3n) is 2.65. The minimum absolute atomic E-state index is 0.675. The summed E-state index contributed by atoms with van der Waals surface area (Å²) in [4.78, 5) is 0. The second kappa shape index (κ2) is 4.95. The maximum atomic E-state index is 5.09. The predicted octanol–water partition coefficient (Wildman–Crippen LogP) is 3.81. The van der Waals surface area contributed by atoms with Crippen molar-refractivity contribution in [1.82, 2.24) is 0 Å². The molecule has 1 nitrogen and oxygen atoms in total. The SMILES string of the molecule is COCc1ccc(-c2ccc(C)cc2)cc1. The summed E-state index contributed by atoms with van der Waals surface area (Å²) in [6.07, 6.45) is 0. The fourth-order valence-corrected chi connectivity index (χ4v) is 1.71. The Morgan fingerprint density at radius 3 is 1.81 bits per heavy atom. The summed E-state index contributed by atoms with van der Waals surface area (Å²) in [5.74, 6) is 0. The highest BCUT2D eigenvalue weighted by molar-refractivity contribution is 5.63. The van der Waals surface area contributed by atoms with Gasteiger partial charge in [0, 0.05) is 7.11 Å². The lowest BCUT2D eigenvalue weighted by Gasteiger charge is -2.04. The van der Waals surface area contributed by atoms with Gasteiger partial charge in [-0.3, -0.25) is 0 Å². The van der Waals surface area contributed by atoms with Crippen molar-refractivity contribution in [3.8, 4) is 11.1 Å². The zero-order chi connectivity index (χ0) is 11.4. The van der Waals surface area contributed by atoms with E-state index >= 15 is 0 Å². The quantitative estimate of drug-likeness (QED) is 0.751. The summed E-state index contributed by atoms with van der Waals surface area (Å²) in [7, 11) is 1.72. The van der Waals surface area contributed by atoms with Crippen molar-refractivity contribution in [2.75, 3.05) is 7.11 Å². The molecule has 0 saturated heterocycles. The van der Waals surface area contributed by atoms with Crippen LogP contribution < -0.4 is 0 Å². The summed E-state index contributed by atoms with van der Waals surface area (Å²) >= 11 is 0. The van der Waals surface area contributed by atoms with E-state index in [4.69, 9.17) is 4.74 Å². The predicted molar refractivity (Wildman–Crippen MR) is 67.3 cm³/mol. The molecule has 0 heterocycles. The summed E-state index contributed by atoms with van der Waals surface area (Å²) in [6.45, 7) is 2.78. The number of methoxy groups -OCH3 is 1. The first-order valence-electron chi connectivity index (χ1n) is 5.44. The van der Waals surface area contributed by atoms with Crippen molar-refractivity contribution in [2.24, 2.45) is 0 Å². The van der Waals surface area contributed by atoms with Gasteiger partial charge in [-0.15, -0.1) is 0 Å². The van der Waals surface area contributed by atoms with Crippen molar-refractivity contribution >= 4 is 0 Å².